The van der Waals surface area contributed by atoms with E-state index in [1.54, 1.807) is 0 Å². The molecule has 1 aromatic rings. The Hall–Kier alpha value is -1.51. The molecule has 1 amide bonds. The Morgan fingerprint density at radius 3 is 2.36 bits per heavy atom. The second kappa shape index (κ2) is 8.09. The Labute approximate surface area is 176 Å². The van der Waals surface area contributed by atoms with Gasteiger partial charge in [-0.1, -0.05) is 22.0 Å². The molecule has 0 spiro atoms. The van der Waals surface area contributed by atoms with Gasteiger partial charge in [-0.05, 0) is 77.7 Å². The first-order valence-corrected chi connectivity index (χ1v) is 10.1. The molecule has 1 saturated heterocycles. The Bertz CT molecular complexity index is 756. The Balaban J connectivity index is 2.30. The minimum Gasteiger partial charge on any atom is -0.444 e. The van der Waals surface area contributed by atoms with Crippen molar-refractivity contribution >= 4 is 40.9 Å². The predicted octanol–water partition coefficient (Wildman–Crippen LogP) is 4.57. The van der Waals surface area contributed by atoms with Crippen molar-refractivity contribution in [3.8, 4) is 0 Å². The maximum absolute atomic E-state index is 12.1. The van der Waals surface area contributed by atoms with Gasteiger partial charge in [-0.2, -0.15) is 0 Å². The summed E-state index contributed by atoms with van der Waals surface area (Å²) in [6, 6.07) is 5.60. The van der Waals surface area contributed by atoms with E-state index in [2.05, 4.69) is 21.2 Å². The first kappa shape index (κ1) is 22.8. The first-order chi connectivity index (χ1) is 12.7. The minimum absolute atomic E-state index is 0.206. The number of carbonyl (C=O) groups is 1. The van der Waals surface area contributed by atoms with Crippen molar-refractivity contribution in [2.75, 3.05) is 12.3 Å². The number of hydrogen-bond donors (Lipinski definition) is 2. The van der Waals surface area contributed by atoms with Gasteiger partial charge in [0, 0.05) is 16.7 Å². The van der Waals surface area contributed by atoms with Crippen molar-refractivity contribution in [3.63, 3.8) is 0 Å². The lowest BCUT2D eigenvalue weighted by Crippen LogP contribution is -2.41. The molecular formula is C20H30BBrN2O4. The van der Waals surface area contributed by atoms with Crippen LogP contribution >= 0.6 is 15.9 Å². The Morgan fingerprint density at radius 1 is 1.25 bits per heavy atom. The van der Waals surface area contributed by atoms with Gasteiger partial charge in [-0.25, -0.2) is 4.79 Å². The zero-order chi connectivity index (χ0) is 21.3. The van der Waals surface area contributed by atoms with Crippen LogP contribution in [0.2, 0.25) is 0 Å². The van der Waals surface area contributed by atoms with Crippen molar-refractivity contribution in [1.82, 2.24) is 5.32 Å². The summed E-state index contributed by atoms with van der Waals surface area (Å²) in [5.41, 5.74) is 6.73. The number of nitrogens with one attached hydrogen (secondary N) is 1. The smallest absolute Gasteiger partial charge is 0.444 e. The number of halogens is 1. The van der Waals surface area contributed by atoms with Gasteiger partial charge in [0.25, 0.3) is 0 Å². The number of nitrogens with two attached hydrogens (primary N) is 1. The highest BCUT2D eigenvalue weighted by molar-refractivity contribution is 9.10. The van der Waals surface area contributed by atoms with Crippen molar-refractivity contribution in [3.05, 3.63) is 33.7 Å². The molecule has 3 N–H and O–H groups in total. The number of hydrogen-bond acceptors (Lipinski definition) is 5. The summed E-state index contributed by atoms with van der Waals surface area (Å²) < 4.78 is 18.6. The Morgan fingerprint density at radius 2 is 1.82 bits per heavy atom. The average molecular weight is 453 g/mol. The topological polar surface area (TPSA) is 82.8 Å². The maximum atomic E-state index is 12.1. The Kier molecular flexibility index (Phi) is 6.58. The number of nitrogen functional groups attached to an aromatic ring is 1. The number of ether oxygens (including phenoxy) is 1. The second-order valence-corrected chi connectivity index (χ2v) is 9.85. The highest BCUT2D eigenvalue weighted by atomic mass is 79.9. The van der Waals surface area contributed by atoms with E-state index in [0.717, 1.165) is 15.5 Å². The molecule has 8 heteroatoms. The lowest BCUT2D eigenvalue weighted by molar-refractivity contribution is 0.00578. The molecule has 0 bridgehead atoms. The molecule has 1 aromatic carbocycles. The van der Waals surface area contributed by atoms with E-state index in [1.165, 1.54) is 0 Å². The fourth-order valence-corrected chi connectivity index (χ4v) is 2.93. The zero-order valence-electron chi connectivity index (χ0n) is 17.7. The van der Waals surface area contributed by atoms with E-state index in [-0.39, 0.29) is 6.54 Å². The zero-order valence-corrected chi connectivity index (χ0v) is 19.3. The normalized spacial score (nSPS) is 18.9. The number of benzene rings is 1. The highest BCUT2D eigenvalue weighted by Gasteiger charge is 2.52. The lowest BCUT2D eigenvalue weighted by Gasteiger charge is -2.32. The van der Waals surface area contributed by atoms with E-state index >= 15 is 0 Å². The first-order valence-electron chi connectivity index (χ1n) is 9.28. The lowest BCUT2D eigenvalue weighted by atomic mass is 9.77. The summed E-state index contributed by atoms with van der Waals surface area (Å²) in [6.07, 6.45) is 1.39. The largest absolute Gasteiger partial charge is 0.492 e. The third-order valence-electron chi connectivity index (χ3n) is 4.78. The van der Waals surface area contributed by atoms with Crippen LogP contribution < -0.4 is 11.1 Å². The van der Waals surface area contributed by atoms with Crippen molar-refractivity contribution in [1.29, 1.82) is 0 Å². The van der Waals surface area contributed by atoms with E-state index in [0.29, 0.717) is 5.69 Å². The molecule has 154 valence electrons. The third-order valence-corrected chi connectivity index (χ3v) is 5.27. The summed E-state index contributed by atoms with van der Waals surface area (Å²) in [5, 5.41) is 2.78. The van der Waals surface area contributed by atoms with Gasteiger partial charge in [0.1, 0.15) is 5.60 Å². The molecule has 28 heavy (non-hydrogen) atoms. The fourth-order valence-electron chi connectivity index (χ4n) is 2.56. The summed E-state index contributed by atoms with van der Waals surface area (Å²) in [4.78, 5) is 12.1. The van der Waals surface area contributed by atoms with E-state index in [1.807, 2.05) is 72.7 Å². The summed E-state index contributed by atoms with van der Waals surface area (Å²) in [6.45, 7) is 13.6. The van der Waals surface area contributed by atoms with Crippen LogP contribution in [-0.4, -0.2) is 36.6 Å². The molecule has 1 fully saturated rings. The second-order valence-electron chi connectivity index (χ2n) is 8.94. The van der Waals surface area contributed by atoms with E-state index < -0.39 is 30.0 Å². The maximum Gasteiger partial charge on any atom is 0.492 e. The molecule has 2 rings (SSSR count). The molecule has 0 radical (unpaired) electrons. The van der Waals surface area contributed by atoms with Gasteiger partial charge >= 0.3 is 13.2 Å². The van der Waals surface area contributed by atoms with Crippen molar-refractivity contribution in [2.24, 2.45) is 0 Å². The number of alkyl carbamates (subject to hydrolysis) is 1. The number of amides is 1. The van der Waals surface area contributed by atoms with E-state index in [4.69, 9.17) is 19.8 Å². The standard InChI is InChI=1S/C20H30BBrN2O4/c1-18(2,3)26-17(25)24-12-14(10-13-11-15(22)8-9-16(13)23)21-27-19(4,5)20(6,7)28-21/h8-11H,12,23H2,1-7H3,(H,24,25). The monoisotopic (exact) mass is 452 g/mol. The molecule has 0 atom stereocenters. The van der Waals surface area contributed by atoms with Crippen LogP contribution in [0.3, 0.4) is 0 Å². The average Bonchev–Trinajstić information content (AvgIpc) is 2.73. The van der Waals surface area contributed by atoms with Crippen LogP contribution in [0.4, 0.5) is 10.5 Å². The van der Waals surface area contributed by atoms with Gasteiger partial charge in [0.15, 0.2) is 0 Å². The van der Waals surface area contributed by atoms with Crippen LogP contribution in [0.15, 0.2) is 28.1 Å². The minimum atomic E-state index is -0.613. The van der Waals surface area contributed by atoms with Crippen LogP contribution in [0.1, 0.15) is 54.0 Å². The third kappa shape index (κ3) is 5.75. The molecule has 0 saturated carbocycles. The number of anilines is 1. The van der Waals surface area contributed by atoms with Crippen LogP contribution in [0.25, 0.3) is 6.08 Å². The highest BCUT2D eigenvalue weighted by Crippen LogP contribution is 2.39. The van der Waals surface area contributed by atoms with Gasteiger partial charge in [0.2, 0.25) is 0 Å². The molecule has 6 nitrogen and oxygen atoms in total. The molecular weight excluding hydrogens is 423 g/mol. The molecule has 0 aliphatic carbocycles. The SMILES string of the molecule is CC(C)(C)OC(=O)NCC(=Cc1cc(Br)ccc1N)B1OC(C)(C)C(C)(C)O1. The quantitative estimate of drug-likeness (QED) is 0.516. The summed E-state index contributed by atoms with van der Waals surface area (Å²) in [7, 11) is -0.613. The summed E-state index contributed by atoms with van der Waals surface area (Å²) in [5.74, 6) is 0. The van der Waals surface area contributed by atoms with Crippen molar-refractivity contribution < 1.29 is 18.8 Å². The molecule has 0 unspecified atom stereocenters. The van der Waals surface area contributed by atoms with Crippen LogP contribution in [-0.2, 0) is 14.0 Å². The summed E-state index contributed by atoms with van der Waals surface area (Å²) >= 11 is 3.46. The molecule has 0 aromatic heterocycles. The molecule has 1 aliphatic heterocycles. The van der Waals surface area contributed by atoms with Crippen LogP contribution in [0, 0.1) is 0 Å². The van der Waals surface area contributed by atoms with Crippen LogP contribution in [0.5, 0.6) is 0 Å². The van der Waals surface area contributed by atoms with Gasteiger partial charge in [-0.3, -0.25) is 0 Å². The predicted molar refractivity (Wildman–Crippen MR) is 117 cm³/mol. The van der Waals surface area contributed by atoms with Gasteiger partial charge < -0.3 is 25.1 Å². The fraction of sp³-hybridized carbons (Fsp3) is 0.550. The van der Waals surface area contributed by atoms with Gasteiger partial charge in [-0.15, -0.1) is 0 Å². The number of rotatable bonds is 4. The van der Waals surface area contributed by atoms with Crippen molar-refractivity contribution in [2.45, 2.75) is 65.3 Å². The van der Waals surface area contributed by atoms with Gasteiger partial charge in [0.05, 0.1) is 11.2 Å². The molecule has 1 aliphatic rings. The number of carbonyl (C=O) groups excluding carboxylic acids is 1. The van der Waals surface area contributed by atoms with E-state index in [9.17, 15) is 4.79 Å². The molecule has 1 heterocycles.